The van der Waals surface area contributed by atoms with E-state index >= 15 is 0 Å². The quantitative estimate of drug-likeness (QED) is 0.796. The Morgan fingerprint density at radius 1 is 1.09 bits per heavy atom. The van der Waals surface area contributed by atoms with Crippen LogP contribution < -0.4 is 5.56 Å². The SMILES string of the molecule is Cc1c(C(=O)N2CCCCC2c2nc3c(c(=O)[nH]2)CN(C2CCCCC2)CC3)cnn1C. The number of fused-ring (bicyclic) bond motifs is 1. The number of aromatic nitrogens is 4. The molecule has 1 N–H and O–H groups in total. The second-order valence-electron chi connectivity index (χ2n) is 9.67. The number of nitrogens with one attached hydrogen (secondary N) is 1. The van der Waals surface area contributed by atoms with E-state index in [0.717, 1.165) is 49.2 Å². The van der Waals surface area contributed by atoms with Gasteiger partial charge in [0.2, 0.25) is 0 Å². The second-order valence-corrected chi connectivity index (χ2v) is 9.67. The molecule has 2 aromatic heterocycles. The molecule has 8 heteroatoms. The maximum atomic E-state index is 13.4. The van der Waals surface area contributed by atoms with E-state index in [1.165, 1.54) is 32.1 Å². The molecular weight excluding hydrogens is 404 g/mol. The van der Waals surface area contributed by atoms with Gasteiger partial charge in [0.25, 0.3) is 11.5 Å². The third kappa shape index (κ3) is 3.89. The van der Waals surface area contributed by atoms with Gasteiger partial charge < -0.3 is 9.88 Å². The Morgan fingerprint density at radius 3 is 2.62 bits per heavy atom. The molecule has 1 saturated heterocycles. The van der Waals surface area contributed by atoms with Crippen molar-refractivity contribution >= 4 is 5.91 Å². The summed E-state index contributed by atoms with van der Waals surface area (Å²) in [4.78, 5) is 38.9. The van der Waals surface area contributed by atoms with Crippen molar-refractivity contribution in [2.45, 2.75) is 83.3 Å². The molecule has 32 heavy (non-hydrogen) atoms. The number of rotatable bonds is 3. The van der Waals surface area contributed by atoms with E-state index < -0.39 is 0 Å². The van der Waals surface area contributed by atoms with Crippen molar-refractivity contribution in [1.82, 2.24) is 29.5 Å². The standard InChI is InChI=1S/C24H34N6O2/c1-16-18(14-25-28(16)2)24(32)30-12-7-6-10-21(30)22-26-20-11-13-29(15-19(20)23(31)27-22)17-8-4-3-5-9-17/h14,17,21H,3-13,15H2,1-2H3,(H,26,27,31). The van der Waals surface area contributed by atoms with E-state index in [9.17, 15) is 9.59 Å². The van der Waals surface area contributed by atoms with Crippen LogP contribution >= 0.6 is 0 Å². The van der Waals surface area contributed by atoms with Crippen LogP contribution in [-0.4, -0.2) is 54.6 Å². The predicted octanol–water partition coefficient (Wildman–Crippen LogP) is 2.87. The molecule has 4 heterocycles. The number of piperidine rings is 1. The molecule has 1 amide bonds. The first-order chi connectivity index (χ1) is 15.5. The molecule has 2 aromatic rings. The molecular formula is C24H34N6O2. The van der Waals surface area contributed by atoms with E-state index in [-0.39, 0.29) is 17.5 Å². The average molecular weight is 439 g/mol. The average Bonchev–Trinajstić information content (AvgIpc) is 3.17. The number of hydrogen-bond acceptors (Lipinski definition) is 5. The van der Waals surface area contributed by atoms with Gasteiger partial charge in [0.05, 0.1) is 29.1 Å². The molecule has 172 valence electrons. The highest BCUT2D eigenvalue weighted by molar-refractivity contribution is 5.95. The summed E-state index contributed by atoms with van der Waals surface area (Å²) >= 11 is 0. The molecule has 5 rings (SSSR count). The van der Waals surface area contributed by atoms with Crippen LogP contribution in [0.15, 0.2) is 11.0 Å². The summed E-state index contributed by atoms with van der Waals surface area (Å²) in [5, 5.41) is 4.24. The fourth-order valence-electron chi connectivity index (χ4n) is 5.70. The highest BCUT2D eigenvalue weighted by Crippen LogP contribution is 2.32. The normalized spacial score (nSPS) is 22.7. The number of carbonyl (C=O) groups is 1. The highest BCUT2D eigenvalue weighted by Gasteiger charge is 2.34. The predicted molar refractivity (Wildman–Crippen MR) is 121 cm³/mol. The number of hydrogen-bond donors (Lipinski definition) is 1. The summed E-state index contributed by atoms with van der Waals surface area (Å²) in [6.07, 6.45) is 11.7. The van der Waals surface area contributed by atoms with Crippen molar-refractivity contribution in [2.24, 2.45) is 7.05 Å². The highest BCUT2D eigenvalue weighted by atomic mass is 16.2. The lowest BCUT2D eigenvalue weighted by Crippen LogP contribution is -2.44. The minimum atomic E-state index is -0.190. The summed E-state index contributed by atoms with van der Waals surface area (Å²) in [7, 11) is 1.85. The zero-order valence-electron chi connectivity index (χ0n) is 19.3. The lowest BCUT2D eigenvalue weighted by molar-refractivity contribution is 0.0597. The number of aryl methyl sites for hydroxylation is 1. The molecule has 1 aliphatic carbocycles. The molecule has 1 atom stereocenters. The van der Waals surface area contributed by atoms with Gasteiger partial charge in [-0.2, -0.15) is 5.10 Å². The van der Waals surface area contributed by atoms with Gasteiger partial charge in [0.1, 0.15) is 5.82 Å². The minimum Gasteiger partial charge on any atom is -0.328 e. The number of likely N-dealkylation sites (tertiary alicyclic amines) is 1. The molecule has 0 spiro atoms. The van der Waals surface area contributed by atoms with E-state index in [4.69, 9.17) is 4.98 Å². The third-order valence-corrected chi connectivity index (χ3v) is 7.75. The molecule has 1 unspecified atom stereocenters. The largest absolute Gasteiger partial charge is 0.328 e. The molecule has 3 aliphatic rings. The zero-order chi connectivity index (χ0) is 22.2. The van der Waals surface area contributed by atoms with Gasteiger partial charge >= 0.3 is 0 Å². The molecule has 2 fully saturated rings. The summed E-state index contributed by atoms with van der Waals surface area (Å²) < 4.78 is 1.73. The first kappa shape index (κ1) is 21.4. The molecule has 8 nitrogen and oxygen atoms in total. The Hall–Kier alpha value is -2.48. The smallest absolute Gasteiger partial charge is 0.257 e. The van der Waals surface area contributed by atoms with E-state index in [2.05, 4.69) is 15.0 Å². The monoisotopic (exact) mass is 438 g/mol. The van der Waals surface area contributed by atoms with Gasteiger partial charge in [0, 0.05) is 44.8 Å². The van der Waals surface area contributed by atoms with Crippen molar-refractivity contribution in [3.63, 3.8) is 0 Å². The maximum Gasteiger partial charge on any atom is 0.257 e. The van der Waals surface area contributed by atoms with Crippen LogP contribution in [0, 0.1) is 6.92 Å². The maximum absolute atomic E-state index is 13.4. The fraction of sp³-hybridized carbons (Fsp3) is 0.667. The Balaban J connectivity index is 1.40. The molecule has 0 bridgehead atoms. The molecule has 2 aliphatic heterocycles. The van der Waals surface area contributed by atoms with Gasteiger partial charge in [-0.3, -0.25) is 19.2 Å². The number of amides is 1. The van der Waals surface area contributed by atoms with Crippen LogP contribution in [0.1, 0.15) is 90.5 Å². The Bertz CT molecular complexity index is 1050. The Kier molecular flexibility index (Phi) is 5.88. The van der Waals surface area contributed by atoms with Crippen LogP contribution in [0.25, 0.3) is 0 Å². The number of carbonyl (C=O) groups excluding carboxylic acids is 1. The lowest BCUT2D eigenvalue weighted by Gasteiger charge is -2.38. The van der Waals surface area contributed by atoms with Gasteiger partial charge in [-0.25, -0.2) is 4.98 Å². The summed E-state index contributed by atoms with van der Waals surface area (Å²) in [6.45, 7) is 4.25. The van der Waals surface area contributed by atoms with Gasteiger partial charge in [0.15, 0.2) is 0 Å². The summed E-state index contributed by atoms with van der Waals surface area (Å²) in [5.41, 5.74) is 3.20. The van der Waals surface area contributed by atoms with Crippen LogP contribution in [0.3, 0.4) is 0 Å². The second kappa shape index (κ2) is 8.81. The minimum absolute atomic E-state index is 0.0239. The van der Waals surface area contributed by atoms with Gasteiger partial charge in [-0.15, -0.1) is 0 Å². The van der Waals surface area contributed by atoms with Crippen LogP contribution in [0.5, 0.6) is 0 Å². The van der Waals surface area contributed by atoms with Crippen LogP contribution in [0.4, 0.5) is 0 Å². The van der Waals surface area contributed by atoms with Crippen molar-refractivity contribution in [3.05, 3.63) is 44.9 Å². The van der Waals surface area contributed by atoms with E-state index in [1.54, 1.807) is 10.9 Å². The van der Waals surface area contributed by atoms with Crippen LogP contribution in [0.2, 0.25) is 0 Å². The van der Waals surface area contributed by atoms with Crippen LogP contribution in [-0.2, 0) is 20.0 Å². The Labute approximate surface area is 189 Å². The topological polar surface area (TPSA) is 87.1 Å². The number of aromatic amines is 1. The van der Waals surface area contributed by atoms with E-state index in [0.29, 0.717) is 30.5 Å². The fourth-order valence-corrected chi connectivity index (χ4v) is 5.70. The van der Waals surface area contributed by atoms with Crippen molar-refractivity contribution in [3.8, 4) is 0 Å². The first-order valence-corrected chi connectivity index (χ1v) is 12.2. The van der Waals surface area contributed by atoms with Crippen molar-refractivity contribution < 1.29 is 4.79 Å². The van der Waals surface area contributed by atoms with E-state index in [1.807, 2.05) is 18.9 Å². The zero-order valence-corrected chi connectivity index (χ0v) is 19.3. The van der Waals surface area contributed by atoms with Crippen molar-refractivity contribution in [2.75, 3.05) is 13.1 Å². The molecule has 0 aromatic carbocycles. The third-order valence-electron chi connectivity index (χ3n) is 7.75. The summed E-state index contributed by atoms with van der Waals surface area (Å²) in [6, 6.07) is 0.412. The van der Waals surface area contributed by atoms with Crippen molar-refractivity contribution in [1.29, 1.82) is 0 Å². The van der Waals surface area contributed by atoms with Gasteiger partial charge in [-0.05, 0) is 39.0 Å². The summed E-state index contributed by atoms with van der Waals surface area (Å²) in [5.74, 6) is 0.624. The first-order valence-electron chi connectivity index (χ1n) is 12.2. The molecule has 1 saturated carbocycles. The lowest BCUT2D eigenvalue weighted by atomic mass is 9.92. The number of H-pyrrole nitrogens is 1. The molecule has 0 radical (unpaired) electrons. The number of nitrogens with zero attached hydrogens (tertiary/aromatic N) is 5. The Morgan fingerprint density at radius 2 is 1.88 bits per heavy atom. The van der Waals surface area contributed by atoms with Gasteiger partial charge in [-0.1, -0.05) is 19.3 Å².